The van der Waals surface area contributed by atoms with Gasteiger partial charge in [0.05, 0.1) is 18.3 Å². The molecule has 80 valence electrons. The van der Waals surface area contributed by atoms with Crippen molar-refractivity contribution in [3.05, 3.63) is 23.3 Å². The summed E-state index contributed by atoms with van der Waals surface area (Å²) in [5.74, 6) is -2.57. The monoisotopic (exact) mass is 217 g/mol. The van der Waals surface area contributed by atoms with Gasteiger partial charge in [-0.3, -0.25) is 24.5 Å². The van der Waals surface area contributed by atoms with E-state index in [1.807, 2.05) is 0 Å². The maximum atomic E-state index is 11.4. The van der Waals surface area contributed by atoms with E-state index in [9.17, 15) is 19.2 Å². The fourth-order valence-corrected chi connectivity index (χ4v) is 2.33. The number of hydrogen-bond donors (Lipinski definition) is 1. The third-order valence-corrected chi connectivity index (χ3v) is 3.14. The first-order chi connectivity index (χ1) is 7.58. The topological polar surface area (TPSA) is 80.3 Å². The van der Waals surface area contributed by atoms with Gasteiger partial charge in [0.25, 0.3) is 0 Å². The lowest BCUT2D eigenvalue weighted by Gasteiger charge is -2.14. The van der Waals surface area contributed by atoms with E-state index in [1.54, 1.807) is 0 Å². The van der Waals surface area contributed by atoms with E-state index in [0.717, 1.165) is 0 Å². The summed E-state index contributed by atoms with van der Waals surface area (Å²) in [5.41, 5.74) is 0.604. The molecule has 16 heavy (non-hydrogen) atoms. The molecule has 2 atom stereocenters. The quantitative estimate of drug-likeness (QED) is 0.429. The van der Waals surface area contributed by atoms with Crippen LogP contribution in [-0.4, -0.2) is 23.4 Å². The Kier molecular flexibility index (Phi) is 1.58. The molecule has 2 fully saturated rings. The molecule has 5 nitrogen and oxygen atoms in total. The highest BCUT2D eigenvalue weighted by molar-refractivity contribution is 6.28. The Morgan fingerprint density at radius 3 is 1.75 bits per heavy atom. The molecule has 1 saturated heterocycles. The molecule has 2 unspecified atom stereocenters. The van der Waals surface area contributed by atoms with Crippen LogP contribution in [0.3, 0.4) is 0 Å². The second-order valence-corrected chi connectivity index (χ2v) is 4.09. The fourth-order valence-electron chi connectivity index (χ4n) is 2.33. The van der Waals surface area contributed by atoms with Crippen LogP contribution < -0.4 is 5.32 Å². The van der Waals surface area contributed by atoms with Gasteiger partial charge in [-0.15, -0.1) is 0 Å². The average Bonchev–Trinajstić information content (AvgIpc) is 2.67. The average molecular weight is 217 g/mol. The predicted molar refractivity (Wildman–Crippen MR) is 50.9 cm³/mol. The van der Waals surface area contributed by atoms with Crippen LogP contribution in [0, 0.1) is 11.8 Å². The van der Waals surface area contributed by atoms with Crippen molar-refractivity contribution in [2.75, 3.05) is 0 Å². The summed E-state index contributed by atoms with van der Waals surface area (Å²) >= 11 is 0. The van der Waals surface area contributed by atoms with Crippen molar-refractivity contribution >= 4 is 23.4 Å². The van der Waals surface area contributed by atoms with Crippen molar-refractivity contribution in [1.29, 1.82) is 0 Å². The molecule has 3 rings (SSSR count). The molecule has 0 radical (unpaired) electrons. The van der Waals surface area contributed by atoms with Gasteiger partial charge >= 0.3 is 0 Å². The van der Waals surface area contributed by atoms with E-state index in [2.05, 4.69) is 5.32 Å². The summed E-state index contributed by atoms with van der Waals surface area (Å²) in [5, 5.41) is 2.19. The molecule has 0 spiro atoms. The SMILES string of the molecule is O=C1CC(=O)C2=CC3C(=O)NC(=O)C3C=C12. The minimum Gasteiger partial charge on any atom is -0.295 e. The predicted octanol–water partition coefficient (Wildman–Crippen LogP) is -0.717. The van der Waals surface area contributed by atoms with Crippen LogP contribution in [0.2, 0.25) is 0 Å². The second kappa shape index (κ2) is 2.75. The molecular formula is C11H7NO4. The molecule has 1 saturated carbocycles. The molecule has 2 amide bonds. The van der Waals surface area contributed by atoms with E-state index in [4.69, 9.17) is 0 Å². The molecule has 2 aliphatic carbocycles. The largest absolute Gasteiger partial charge is 0.295 e. The maximum absolute atomic E-state index is 11.4. The number of fused-ring (bicyclic) bond motifs is 2. The van der Waals surface area contributed by atoms with Crippen LogP contribution in [0.5, 0.6) is 0 Å². The van der Waals surface area contributed by atoms with Gasteiger partial charge < -0.3 is 0 Å². The highest BCUT2D eigenvalue weighted by Gasteiger charge is 2.45. The molecule has 1 heterocycles. The van der Waals surface area contributed by atoms with E-state index in [0.29, 0.717) is 11.1 Å². The smallest absolute Gasteiger partial charge is 0.234 e. The van der Waals surface area contributed by atoms with Gasteiger partial charge in [-0.1, -0.05) is 12.2 Å². The standard InChI is InChI=1S/C11H7NO4/c13-8-3-9(14)5-2-7-6(1-4(5)8)10(15)12-11(7)16/h1-2,6-7H,3H2,(H,12,15,16). The molecule has 1 aliphatic heterocycles. The first kappa shape index (κ1) is 9.21. The number of hydrogen-bond acceptors (Lipinski definition) is 4. The summed E-state index contributed by atoms with van der Waals surface area (Å²) in [6.45, 7) is 0. The van der Waals surface area contributed by atoms with Gasteiger partial charge in [-0.2, -0.15) is 0 Å². The van der Waals surface area contributed by atoms with E-state index < -0.39 is 23.7 Å². The van der Waals surface area contributed by atoms with Crippen molar-refractivity contribution < 1.29 is 19.2 Å². The van der Waals surface area contributed by atoms with Crippen LogP contribution >= 0.6 is 0 Å². The Hall–Kier alpha value is -2.04. The molecule has 1 N–H and O–H groups in total. The number of nitrogens with one attached hydrogen (secondary N) is 1. The van der Waals surface area contributed by atoms with Gasteiger partial charge in [-0.25, -0.2) is 0 Å². The molecule has 5 heteroatoms. The highest BCUT2D eigenvalue weighted by Crippen LogP contribution is 2.36. The number of imide groups is 1. The normalized spacial score (nSPS) is 32.0. The Morgan fingerprint density at radius 1 is 0.875 bits per heavy atom. The van der Waals surface area contributed by atoms with Gasteiger partial charge in [0.1, 0.15) is 0 Å². The molecule has 0 aromatic carbocycles. The van der Waals surface area contributed by atoms with E-state index in [1.165, 1.54) is 12.2 Å². The second-order valence-electron chi connectivity index (χ2n) is 4.09. The summed E-state index contributed by atoms with van der Waals surface area (Å²) in [4.78, 5) is 45.7. The lowest BCUT2D eigenvalue weighted by Crippen LogP contribution is -2.21. The summed E-state index contributed by atoms with van der Waals surface area (Å²) in [6.07, 6.45) is 2.76. The summed E-state index contributed by atoms with van der Waals surface area (Å²) in [7, 11) is 0. The Balaban J connectivity index is 2.13. The number of rotatable bonds is 0. The van der Waals surface area contributed by atoms with Gasteiger partial charge in [0.2, 0.25) is 11.8 Å². The molecule has 0 aromatic heterocycles. The van der Waals surface area contributed by atoms with Crippen LogP contribution in [0.4, 0.5) is 0 Å². The number of amides is 2. The third-order valence-electron chi connectivity index (χ3n) is 3.14. The zero-order chi connectivity index (χ0) is 11.4. The Morgan fingerprint density at radius 2 is 1.31 bits per heavy atom. The summed E-state index contributed by atoms with van der Waals surface area (Å²) < 4.78 is 0. The zero-order valence-corrected chi connectivity index (χ0v) is 8.15. The minimum atomic E-state index is -0.624. The minimum absolute atomic E-state index is 0.146. The Bertz CT molecular complexity index is 480. The molecular weight excluding hydrogens is 210 g/mol. The van der Waals surface area contributed by atoms with Crippen LogP contribution in [0.1, 0.15) is 6.42 Å². The van der Waals surface area contributed by atoms with Gasteiger partial charge in [0.15, 0.2) is 11.6 Å². The van der Waals surface area contributed by atoms with Crippen molar-refractivity contribution in [1.82, 2.24) is 5.32 Å². The zero-order valence-electron chi connectivity index (χ0n) is 8.15. The van der Waals surface area contributed by atoms with Crippen LogP contribution in [0.15, 0.2) is 23.3 Å². The molecule has 0 aromatic rings. The number of Topliss-reactive ketones (excluding diaryl/α,β-unsaturated/α-hetero) is 2. The maximum Gasteiger partial charge on any atom is 0.234 e. The number of carbonyl (C=O) groups is 4. The first-order valence-electron chi connectivity index (χ1n) is 4.93. The third kappa shape index (κ3) is 0.997. The van der Waals surface area contributed by atoms with Crippen LogP contribution in [0.25, 0.3) is 0 Å². The number of carbonyl (C=O) groups excluding carboxylic acids is 4. The van der Waals surface area contributed by atoms with Crippen molar-refractivity contribution in [3.8, 4) is 0 Å². The molecule has 0 bridgehead atoms. The number of allylic oxidation sites excluding steroid dienone is 2. The fraction of sp³-hybridized carbons (Fsp3) is 0.273. The first-order valence-corrected chi connectivity index (χ1v) is 4.93. The van der Waals surface area contributed by atoms with E-state index in [-0.39, 0.29) is 18.0 Å². The highest BCUT2D eigenvalue weighted by atomic mass is 16.2. The van der Waals surface area contributed by atoms with Crippen molar-refractivity contribution in [2.45, 2.75) is 6.42 Å². The lowest BCUT2D eigenvalue weighted by atomic mass is 9.84. The number of ketones is 2. The van der Waals surface area contributed by atoms with Crippen molar-refractivity contribution in [2.24, 2.45) is 11.8 Å². The van der Waals surface area contributed by atoms with Crippen LogP contribution in [-0.2, 0) is 19.2 Å². The lowest BCUT2D eigenvalue weighted by molar-refractivity contribution is -0.126. The molecule has 3 aliphatic rings. The van der Waals surface area contributed by atoms with Gasteiger partial charge in [-0.05, 0) is 0 Å². The Labute approximate surface area is 90.2 Å². The van der Waals surface area contributed by atoms with E-state index >= 15 is 0 Å². The summed E-state index contributed by atoms with van der Waals surface area (Å²) in [6, 6.07) is 0. The van der Waals surface area contributed by atoms with Crippen molar-refractivity contribution in [3.63, 3.8) is 0 Å². The van der Waals surface area contributed by atoms with Gasteiger partial charge in [0, 0.05) is 11.1 Å².